The summed E-state index contributed by atoms with van der Waals surface area (Å²) < 4.78 is 29.3. The fourth-order valence-electron chi connectivity index (χ4n) is 5.54. The highest BCUT2D eigenvalue weighted by Gasteiger charge is 2.34. The molecule has 9 heteroatoms. The van der Waals surface area contributed by atoms with Crippen molar-refractivity contribution in [2.75, 3.05) is 10.8 Å². The molecule has 1 aliphatic rings. The summed E-state index contributed by atoms with van der Waals surface area (Å²) in [5.74, 6) is -0.677. The maximum Gasteiger partial charge on any atom is 0.264 e. The van der Waals surface area contributed by atoms with Crippen molar-refractivity contribution in [3.05, 3.63) is 94.0 Å². The number of hydrogen-bond acceptors (Lipinski definition) is 4. The highest BCUT2D eigenvalue weighted by molar-refractivity contribution is 7.92. The minimum atomic E-state index is -4.16. The van der Waals surface area contributed by atoms with Gasteiger partial charge in [0.25, 0.3) is 10.0 Å². The van der Waals surface area contributed by atoms with Gasteiger partial charge in [0.1, 0.15) is 12.6 Å². The molecule has 43 heavy (non-hydrogen) atoms. The summed E-state index contributed by atoms with van der Waals surface area (Å²) in [6.45, 7) is 7.23. The van der Waals surface area contributed by atoms with Gasteiger partial charge in [-0.1, -0.05) is 85.8 Å². The number of aryl methyl sites for hydroxylation is 3. The van der Waals surface area contributed by atoms with Gasteiger partial charge in [-0.25, -0.2) is 8.42 Å². The summed E-state index contributed by atoms with van der Waals surface area (Å²) in [5, 5.41) is 3.58. The Morgan fingerprint density at radius 3 is 2.23 bits per heavy atom. The number of benzene rings is 3. The number of anilines is 1. The van der Waals surface area contributed by atoms with Crippen LogP contribution in [0.1, 0.15) is 67.7 Å². The molecule has 1 atom stereocenters. The van der Waals surface area contributed by atoms with E-state index in [1.165, 1.54) is 17.0 Å². The second-order valence-electron chi connectivity index (χ2n) is 11.5. The molecule has 7 nitrogen and oxygen atoms in total. The van der Waals surface area contributed by atoms with Crippen LogP contribution in [0, 0.1) is 20.8 Å². The largest absolute Gasteiger partial charge is 0.352 e. The second-order valence-corrected chi connectivity index (χ2v) is 13.7. The lowest BCUT2D eigenvalue weighted by atomic mass is 9.95. The molecule has 4 rings (SSSR count). The predicted molar refractivity (Wildman–Crippen MR) is 173 cm³/mol. The van der Waals surface area contributed by atoms with Crippen LogP contribution in [0.2, 0.25) is 5.02 Å². The third-order valence-corrected chi connectivity index (χ3v) is 10.5. The Labute approximate surface area is 261 Å². The molecule has 1 aliphatic carbocycles. The van der Waals surface area contributed by atoms with Crippen LogP contribution in [0.25, 0.3) is 0 Å². The van der Waals surface area contributed by atoms with Crippen LogP contribution in [-0.4, -0.2) is 43.8 Å². The van der Waals surface area contributed by atoms with Gasteiger partial charge in [-0.05, 0) is 81.0 Å². The van der Waals surface area contributed by atoms with Gasteiger partial charge in [0.2, 0.25) is 11.8 Å². The molecule has 2 amide bonds. The number of nitrogens with zero attached hydrogens (tertiary/aromatic N) is 2. The zero-order valence-electron chi connectivity index (χ0n) is 25.5. The lowest BCUT2D eigenvalue weighted by Crippen LogP contribution is -2.54. The van der Waals surface area contributed by atoms with E-state index in [4.69, 9.17) is 11.6 Å². The summed E-state index contributed by atoms with van der Waals surface area (Å²) in [6.07, 6.45) is 5.53. The Balaban J connectivity index is 1.73. The summed E-state index contributed by atoms with van der Waals surface area (Å²) in [6, 6.07) is 18.5. The Kier molecular flexibility index (Phi) is 10.9. The molecule has 0 spiro atoms. The van der Waals surface area contributed by atoms with Gasteiger partial charge in [0, 0.05) is 17.6 Å². The van der Waals surface area contributed by atoms with E-state index >= 15 is 0 Å². The lowest BCUT2D eigenvalue weighted by Gasteiger charge is -2.34. The van der Waals surface area contributed by atoms with E-state index in [-0.39, 0.29) is 29.1 Å². The van der Waals surface area contributed by atoms with E-state index in [9.17, 15) is 18.0 Å². The number of hydrogen-bond donors (Lipinski definition) is 1. The number of rotatable bonds is 11. The van der Waals surface area contributed by atoms with Gasteiger partial charge < -0.3 is 10.2 Å². The Morgan fingerprint density at radius 2 is 1.60 bits per heavy atom. The van der Waals surface area contributed by atoms with Crippen LogP contribution in [0.5, 0.6) is 0 Å². The summed E-state index contributed by atoms with van der Waals surface area (Å²) in [4.78, 5) is 29.6. The topological polar surface area (TPSA) is 86.8 Å². The average molecular weight is 624 g/mol. The molecule has 3 aromatic carbocycles. The third kappa shape index (κ3) is 7.98. The Bertz CT molecular complexity index is 1540. The number of carbonyl (C=O) groups excluding carboxylic acids is 2. The van der Waals surface area contributed by atoms with Gasteiger partial charge >= 0.3 is 0 Å². The van der Waals surface area contributed by atoms with Crippen LogP contribution >= 0.6 is 11.6 Å². The first-order chi connectivity index (χ1) is 20.5. The molecule has 230 valence electrons. The number of amides is 2. The van der Waals surface area contributed by atoms with Gasteiger partial charge in [-0.2, -0.15) is 0 Å². The van der Waals surface area contributed by atoms with Crippen molar-refractivity contribution in [1.82, 2.24) is 10.2 Å². The van der Waals surface area contributed by atoms with E-state index < -0.39 is 28.5 Å². The van der Waals surface area contributed by atoms with Crippen LogP contribution in [0.3, 0.4) is 0 Å². The van der Waals surface area contributed by atoms with Crippen molar-refractivity contribution in [1.29, 1.82) is 0 Å². The van der Waals surface area contributed by atoms with E-state index in [0.717, 1.165) is 58.7 Å². The molecule has 0 aromatic heterocycles. The molecule has 1 saturated carbocycles. The minimum Gasteiger partial charge on any atom is -0.352 e. The molecule has 1 fully saturated rings. The number of sulfonamides is 1. The van der Waals surface area contributed by atoms with E-state index in [2.05, 4.69) is 5.32 Å². The Morgan fingerprint density at radius 1 is 0.930 bits per heavy atom. The zero-order chi connectivity index (χ0) is 31.1. The van der Waals surface area contributed by atoms with Crippen molar-refractivity contribution < 1.29 is 18.0 Å². The van der Waals surface area contributed by atoms with Crippen LogP contribution in [0.15, 0.2) is 71.6 Å². The van der Waals surface area contributed by atoms with E-state index in [1.54, 1.807) is 30.3 Å². The molecular formula is C34H42ClN3O4S. The lowest BCUT2D eigenvalue weighted by molar-refractivity contribution is -0.140. The number of halogens is 1. The highest BCUT2D eigenvalue weighted by atomic mass is 35.5. The van der Waals surface area contributed by atoms with Gasteiger partial charge in [0.15, 0.2) is 0 Å². The average Bonchev–Trinajstić information content (AvgIpc) is 2.98. The molecule has 1 unspecified atom stereocenters. The maximum absolute atomic E-state index is 14.3. The first kappa shape index (κ1) is 32.6. The zero-order valence-corrected chi connectivity index (χ0v) is 27.0. The van der Waals surface area contributed by atoms with Crippen molar-refractivity contribution >= 4 is 39.1 Å². The third-order valence-electron chi connectivity index (χ3n) is 8.27. The molecule has 3 aromatic rings. The van der Waals surface area contributed by atoms with Crippen LogP contribution < -0.4 is 9.62 Å². The molecule has 0 radical (unpaired) electrons. The first-order valence-electron chi connectivity index (χ1n) is 15.0. The van der Waals surface area contributed by atoms with Gasteiger partial charge in [-0.15, -0.1) is 0 Å². The van der Waals surface area contributed by atoms with Crippen LogP contribution in [0.4, 0.5) is 5.69 Å². The van der Waals surface area contributed by atoms with Crippen molar-refractivity contribution in [2.24, 2.45) is 0 Å². The first-order valence-corrected chi connectivity index (χ1v) is 16.8. The fraction of sp³-hybridized carbons (Fsp3) is 0.412. The maximum atomic E-state index is 14.3. The summed E-state index contributed by atoms with van der Waals surface area (Å²) in [7, 11) is -4.16. The molecule has 0 saturated heterocycles. The second kappa shape index (κ2) is 14.4. The standard InChI is InChI=1S/C34H42ClN3O4S/c1-5-32(34(40)36-28-13-7-6-8-14-28)37(22-27-12-10-9-11-25(27)3)33(39)23-38(29-18-17-26(4)31(35)21-29)43(41,42)30-19-15-24(2)16-20-30/h9-12,15-21,28,32H,5-8,13-14,22-23H2,1-4H3,(H,36,40). The summed E-state index contributed by atoms with van der Waals surface area (Å²) >= 11 is 6.44. The van der Waals surface area contributed by atoms with Crippen molar-refractivity contribution in [3.63, 3.8) is 0 Å². The molecule has 0 heterocycles. The molecule has 0 aliphatic heterocycles. The van der Waals surface area contributed by atoms with Crippen molar-refractivity contribution in [3.8, 4) is 0 Å². The van der Waals surface area contributed by atoms with Gasteiger partial charge in [-0.3, -0.25) is 13.9 Å². The van der Waals surface area contributed by atoms with Gasteiger partial charge in [0.05, 0.1) is 10.6 Å². The van der Waals surface area contributed by atoms with Crippen molar-refractivity contribution in [2.45, 2.75) is 89.7 Å². The number of carbonyl (C=O) groups is 2. The van der Waals surface area contributed by atoms with E-state index in [0.29, 0.717) is 11.4 Å². The smallest absolute Gasteiger partial charge is 0.264 e. The van der Waals surface area contributed by atoms with E-state index in [1.807, 2.05) is 52.0 Å². The predicted octanol–water partition coefficient (Wildman–Crippen LogP) is 6.72. The SMILES string of the molecule is CCC(C(=O)NC1CCCCC1)N(Cc1ccccc1C)C(=O)CN(c1ccc(C)c(Cl)c1)S(=O)(=O)c1ccc(C)cc1. The monoisotopic (exact) mass is 623 g/mol. The normalized spacial score (nSPS) is 14.6. The summed E-state index contributed by atoms with van der Waals surface area (Å²) in [5.41, 5.74) is 3.86. The minimum absolute atomic E-state index is 0.0649. The van der Waals surface area contributed by atoms with Crippen LogP contribution in [-0.2, 0) is 26.2 Å². The fourth-order valence-corrected chi connectivity index (χ4v) is 7.12. The molecule has 1 N–H and O–H groups in total. The molecular weight excluding hydrogens is 582 g/mol. The number of nitrogens with one attached hydrogen (secondary N) is 1. The molecule has 0 bridgehead atoms. The Hall–Kier alpha value is -3.36. The quantitative estimate of drug-likeness (QED) is 0.257. The highest BCUT2D eigenvalue weighted by Crippen LogP contribution is 2.29.